The first-order chi connectivity index (χ1) is 13.4. The first-order valence-electron chi connectivity index (χ1n) is 9.14. The zero-order chi connectivity index (χ0) is 20.3. The fourth-order valence-electron chi connectivity index (χ4n) is 3.45. The molecule has 0 unspecified atom stereocenters. The Bertz CT molecular complexity index is 850. The summed E-state index contributed by atoms with van der Waals surface area (Å²) >= 11 is 0. The minimum atomic E-state index is -3.04. The normalized spacial score (nSPS) is 14.4. The van der Waals surface area contributed by atoms with Gasteiger partial charge in [-0.1, -0.05) is 18.2 Å². The number of nitrogens with zero attached hydrogens (tertiary/aromatic N) is 2. The zero-order valence-corrected chi connectivity index (χ0v) is 16.2. The number of halogens is 2. The Hall–Kier alpha value is -2.83. The van der Waals surface area contributed by atoms with E-state index in [2.05, 4.69) is 35.6 Å². The minimum absolute atomic E-state index is 0.0832. The smallest absolute Gasteiger partial charge is 0.387 e. The molecule has 1 fully saturated rings. The first kappa shape index (κ1) is 19.9. The summed E-state index contributed by atoms with van der Waals surface area (Å²) < 4.78 is 35.3. The summed E-state index contributed by atoms with van der Waals surface area (Å²) in [5.74, 6) is -0.447. The molecular weight excluding hydrogens is 366 g/mol. The number of para-hydroxylation sites is 1. The molecule has 3 rings (SSSR count). The average Bonchev–Trinajstić information content (AvgIpc) is 2.69. The van der Waals surface area contributed by atoms with Crippen LogP contribution in [0.1, 0.15) is 21.5 Å². The Balaban J connectivity index is 1.76. The minimum Gasteiger partial charge on any atom is -0.493 e. The second kappa shape index (κ2) is 8.46. The van der Waals surface area contributed by atoms with Gasteiger partial charge < -0.3 is 19.3 Å². The van der Waals surface area contributed by atoms with Crippen molar-refractivity contribution in [1.82, 2.24) is 4.90 Å². The van der Waals surface area contributed by atoms with Gasteiger partial charge in [0.1, 0.15) is 0 Å². The molecule has 0 N–H and O–H groups in total. The first-order valence-corrected chi connectivity index (χ1v) is 9.14. The summed E-state index contributed by atoms with van der Waals surface area (Å²) in [5, 5.41) is 0. The van der Waals surface area contributed by atoms with E-state index in [9.17, 15) is 13.6 Å². The van der Waals surface area contributed by atoms with Gasteiger partial charge in [0.25, 0.3) is 5.91 Å². The van der Waals surface area contributed by atoms with Crippen LogP contribution >= 0.6 is 0 Å². The van der Waals surface area contributed by atoms with E-state index < -0.39 is 6.61 Å². The second-order valence-electron chi connectivity index (χ2n) is 6.71. The molecule has 0 aliphatic carbocycles. The third-order valence-corrected chi connectivity index (χ3v) is 5.12. The van der Waals surface area contributed by atoms with Gasteiger partial charge >= 0.3 is 6.61 Å². The van der Waals surface area contributed by atoms with Gasteiger partial charge in [0.05, 0.1) is 12.7 Å². The summed E-state index contributed by atoms with van der Waals surface area (Å²) in [6.45, 7) is 3.47. The Kier molecular flexibility index (Phi) is 6.02. The lowest BCUT2D eigenvalue weighted by Gasteiger charge is -2.37. The van der Waals surface area contributed by atoms with Gasteiger partial charge in [0.2, 0.25) is 0 Å². The van der Waals surface area contributed by atoms with Crippen molar-refractivity contribution in [2.75, 3.05) is 38.2 Å². The highest BCUT2D eigenvalue weighted by Crippen LogP contribution is 2.33. The van der Waals surface area contributed by atoms with Gasteiger partial charge in [-0.05, 0) is 43.2 Å². The lowest BCUT2D eigenvalue weighted by Crippen LogP contribution is -2.49. The average molecular weight is 390 g/mol. The van der Waals surface area contributed by atoms with Crippen LogP contribution in [0.4, 0.5) is 14.5 Å². The van der Waals surface area contributed by atoms with Gasteiger partial charge in [0.15, 0.2) is 11.5 Å². The van der Waals surface area contributed by atoms with Crippen LogP contribution in [-0.2, 0) is 0 Å². The van der Waals surface area contributed by atoms with Gasteiger partial charge in [-0.3, -0.25) is 4.79 Å². The van der Waals surface area contributed by atoms with Crippen molar-refractivity contribution in [1.29, 1.82) is 0 Å². The van der Waals surface area contributed by atoms with Crippen LogP contribution in [0.3, 0.4) is 0 Å². The van der Waals surface area contributed by atoms with E-state index in [0.717, 1.165) is 5.69 Å². The van der Waals surface area contributed by atoms with E-state index in [1.807, 2.05) is 6.07 Å². The number of hydrogen-bond donors (Lipinski definition) is 0. The van der Waals surface area contributed by atoms with E-state index in [0.29, 0.717) is 26.2 Å². The number of hydrogen-bond acceptors (Lipinski definition) is 4. The molecule has 0 radical (unpaired) electrons. The number of carbonyl (C=O) groups is 1. The van der Waals surface area contributed by atoms with Crippen LogP contribution in [-0.4, -0.2) is 50.7 Å². The molecule has 0 aromatic heterocycles. The number of methoxy groups -OCH3 is 1. The summed E-state index contributed by atoms with van der Waals surface area (Å²) in [6.07, 6.45) is 0. The lowest BCUT2D eigenvalue weighted by molar-refractivity contribution is -0.0516. The van der Waals surface area contributed by atoms with Crippen LogP contribution in [0.15, 0.2) is 36.4 Å². The molecule has 7 heteroatoms. The van der Waals surface area contributed by atoms with Crippen molar-refractivity contribution in [3.63, 3.8) is 0 Å². The van der Waals surface area contributed by atoms with Gasteiger partial charge in [-0.25, -0.2) is 0 Å². The Morgan fingerprint density at radius 3 is 2.36 bits per heavy atom. The standard InChI is InChI=1S/C21H24F2N2O3/c1-14-6-4-8-17(15(14)2)24-10-12-25(13-11-24)20(26)16-7-5-9-18(27-3)19(16)28-21(22)23/h4-9,21H,10-13H2,1-3H3. The fourth-order valence-corrected chi connectivity index (χ4v) is 3.45. The van der Waals surface area contributed by atoms with Crippen LogP contribution < -0.4 is 14.4 Å². The maximum Gasteiger partial charge on any atom is 0.387 e. The Morgan fingerprint density at radius 2 is 1.71 bits per heavy atom. The maximum absolute atomic E-state index is 13.0. The van der Waals surface area contributed by atoms with E-state index in [1.165, 1.54) is 30.4 Å². The van der Waals surface area contributed by atoms with Gasteiger partial charge in [-0.15, -0.1) is 0 Å². The summed E-state index contributed by atoms with van der Waals surface area (Å²) in [4.78, 5) is 16.9. The summed E-state index contributed by atoms with van der Waals surface area (Å²) in [7, 11) is 1.35. The molecule has 0 atom stereocenters. The quantitative estimate of drug-likeness (QED) is 0.777. The van der Waals surface area contributed by atoms with Crippen molar-refractivity contribution in [2.24, 2.45) is 0 Å². The van der Waals surface area contributed by atoms with Crippen LogP contribution in [0, 0.1) is 13.8 Å². The molecule has 28 heavy (non-hydrogen) atoms. The number of rotatable bonds is 5. The summed E-state index contributed by atoms with van der Waals surface area (Å²) in [5.41, 5.74) is 3.69. The molecule has 1 saturated heterocycles. The van der Waals surface area contributed by atoms with Crippen LogP contribution in [0.2, 0.25) is 0 Å². The highest BCUT2D eigenvalue weighted by molar-refractivity contribution is 5.98. The number of benzene rings is 2. The van der Waals surface area contributed by atoms with Crippen molar-refractivity contribution in [3.8, 4) is 11.5 Å². The molecule has 1 heterocycles. The number of alkyl halides is 2. The van der Waals surface area contributed by atoms with Crippen LogP contribution in [0.25, 0.3) is 0 Å². The molecule has 0 spiro atoms. The maximum atomic E-state index is 13.0. The lowest BCUT2D eigenvalue weighted by atomic mass is 10.1. The SMILES string of the molecule is COc1cccc(C(=O)N2CCN(c3cccc(C)c3C)CC2)c1OC(F)F. The molecule has 1 amide bonds. The highest BCUT2D eigenvalue weighted by Gasteiger charge is 2.27. The van der Waals surface area contributed by atoms with Crippen LogP contribution in [0.5, 0.6) is 11.5 Å². The van der Waals surface area contributed by atoms with E-state index in [1.54, 1.807) is 11.0 Å². The molecule has 5 nitrogen and oxygen atoms in total. The number of aryl methyl sites for hydroxylation is 1. The van der Waals surface area contributed by atoms with E-state index in [4.69, 9.17) is 4.74 Å². The van der Waals surface area contributed by atoms with Crippen molar-refractivity contribution >= 4 is 11.6 Å². The molecule has 2 aromatic rings. The molecule has 1 aliphatic heterocycles. The monoisotopic (exact) mass is 390 g/mol. The number of anilines is 1. The second-order valence-corrected chi connectivity index (χ2v) is 6.71. The predicted molar refractivity (Wildman–Crippen MR) is 104 cm³/mol. The van der Waals surface area contributed by atoms with Gasteiger partial charge in [-0.2, -0.15) is 8.78 Å². The fraction of sp³-hybridized carbons (Fsp3) is 0.381. The van der Waals surface area contributed by atoms with Crippen molar-refractivity contribution in [2.45, 2.75) is 20.5 Å². The zero-order valence-electron chi connectivity index (χ0n) is 16.2. The number of carbonyl (C=O) groups excluding carboxylic acids is 1. The van der Waals surface area contributed by atoms with Gasteiger partial charge in [0, 0.05) is 31.9 Å². The Morgan fingerprint density at radius 1 is 1.04 bits per heavy atom. The third kappa shape index (κ3) is 4.03. The topological polar surface area (TPSA) is 42.0 Å². The molecule has 2 aromatic carbocycles. The van der Waals surface area contributed by atoms with Crippen molar-refractivity contribution < 1.29 is 23.0 Å². The molecule has 150 valence electrons. The Labute approximate surface area is 163 Å². The highest BCUT2D eigenvalue weighted by atomic mass is 19.3. The summed E-state index contributed by atoms with van der Waals surface area (Å²) in [6, 6.07) is 10.8. The number of piperazine rings is 1. The van der Waals surface area contributed by atoms with Crippen molar-refractivity contribution in [3.05, 3.63) is 53.1 Å². The molecule has 1 aliphatic rings. The molecule has 0 bridgehead atoms. The van der Waals surface area contributed by atoms with E-state index >= 15 is 0 Å². The third-order valence-electron chi connectivity index (χ3n) is 5.12. The molecule has 0 saturated carbocycles. The largest absolute Gasteiger partial charge is 0.493 e. The predicted octanol–water partition coefficient (Wildman–Crippen LogP) is 3.88. The number of ether oxygens (including phenoxy) is 2. The number of amides is 1. The van der Waals surface area contributed by atoms with E-state index in [-0.39, 0.29) is 23.0 Å². The molecular formula is C21H24F2N2O3.